The number of hydrogen-bond acceptors (Lipinski definition) is 9. The van der Waals surface area contributed by atoms with Gasteiger partial charge in [-0.25, -0.2) is 28.9 Å². The first-order chi connectivity index (χ1) is 30.0. The smallest absolute Gasteiger partial charge is 0.407 e. The van der Waals surface area contributed by atoms with Crippen molar-refractivity contribution in [3.05, 3.63) is 114 Å². The fraction of sp³-hybridized carbons (Fsp3) is 0.326. The van der Waals surface area contributed by atoms with Gasteiger partial charge in [0, 0.05) is 35.2 Å². The van der Waals surface area contributed by atoms with E-state index >= 15 is 4.39 Å². The highest BCUT2D eigenvalue weighted by Gasteiger charge is 2.39. The Morgan fingerprint density at radius 1 is 0.742 bits per heavy atom. The monoisotopic (exact) mass is 841 g/mol. The fourth-order valence-electron chi connectivity index (χ4n) is 8.43. The second-order valence-corrected chi connectivity index (χ2v) is 15.9. The van der Waals surface area contributed by atoms with Gasteiger partial charge in [-0.1, -0.05) is 62.4 Å². The Labute approximate surface area is 357 Å². The molecule has 0 radical (unpaired) electrons. The van der Waals surface area contributed by atoms with Crippen molar-refractivity contribution < 1.29 is 33.0 Å². The number of H-pyrrole nitrogens is 2. The number of fused-ring (bicyclic) bond motifs is 1. The summed E-state index contributed by atoms with van der Waals surface area (Å²) in [5.41, 5.74) is 5.07. The molecule has 8 rings (SSSR count). The summed E-state index contributed by atoms with van der Waals surface area (Å²) in [4.78, 5) is 75.9. The molecule has 4 unspecified atom stereocenters. The van der Waals surface area contributed by atoms with Crippen molar-refractivity contribution in [2.75, 3.05) is 27.3 Å². The molecule has 2 aliphatic rings. The number of amides is 4. The van der Waals surface area contributed by atoms with Crippen LogP contribution in [0.2, 0.25) is 0 Å². The Bertz CT molecular complexity index is 2610. The lowest BCUT2D eigenvalue weighted by atomic mass is 10.0. The lowest BCUT2D eigenvalue weighted by molar-refractivity contribution is -0.135. The van der Waals surface area contributed by atoms with Crippen molar-refractivity contribution >= 4 is 34.9 Å². The molecule has 2 fully saturated rings. The van der Waals surface area contributed by atoms with Gasteiger partial charge in [-0.05, 0) is 67.5 Å². The zero-order chi connectivity index (χ0) is 43.5. The minimum absolute atomic E-state index is 0.164. The standard InChI is InChI=1S/C46H48FN9O6/c1-26(2)39(53-45(59)61-3)43(57)55-20-8-13-38(55)42-49-25-36(52-42)31-17-14-30(23-32(31)47)34-18-15-28-22-29(16-19-33(28)50-34)35-24-48-41(51-35)37-12-9-21-56(37)44(58)40(54-46(60)62-4)27-10-6-5-7-11-27/h5-7,10-11,14-19,22-26,37-40H,8-9,12-13,20-21H2,1-4H3,(H,48,51)(H,49,52)(H,53,59)(H,54,60). The zero-order valence-corrected chi connectivity index (χ0v) is 34.9. The van der Waals surface area contributed by atoms with Crippen molar-refractivity contribution in [3.8, 4) is 33.8 Å². The van der Waals surface area contributed by atoms with Crippen LogP contribution in [0.25, 0.3) is 44.7 Å². The van der Waals surface area contributed by atoms with Gasteiger partial charge in [0.2, 0.25) is 5.91 Å². The number of benzene rings is 3. The molecule has 16 heteroatoms. The first-order valence-corrected chi connectivity index (χ1v) is 20.7. The van der Waals surface area contributed by atoms with E-state index in [-0.39, 0.29) is 29.8 Å². The van der Waals surface area contributed by atoms with Gasteiger partial charge in [-0.2, -0.15) is 0 Å². The third-order valence-corrected chi connectivity index (χ3v) is 11.7. The quantitative estimate of drug-likeness (QED) is 0.102. The molecule has 62 heavy (non-hydrogen) atoms. The number of halogens is 1. The van der Waals surface area contributed by atoms with Gasteiger partial charge in [0.1, 0.15) is 29.5 Å². The molecule has 0 bridgehead atoms. The number of rotatable bonds is 11. The normalized spacial score (nSPS) is 17.3. The van der Waals surface area contributed by atoms with Gasteiger partial charge in [-0.3, -0.25) is 9.59 Å². The molecule has 3 aromatic heterocycles. The Balaban J connectivity index is 0.961. The molecule has 15 nitrogen and oxygen atoms in total. The number of pyridine rings is 1. The number of hydrogen-bond donors (Lipinski definition) is 4. The predicted octanol–water partition coefficient (Wildman–Crippen LogP) is 7.63. The van der Waals surface area contributed by atoms with Crippen molar-refractivity contribution in [1.82, 2.24) is 45.4 Å². The van der Waals surface area contributed by atoms with Crippen molar-refractivity contribution in [2.24, 2.45) is 5.92 Å². The summed E-state index contributed by atoms with van der Waals surface area (Å²) in [7, 11) is 2.53. The van der Waals surface area contributed by atoms with Crippen molar-refractivity contribution in [2.45, 2.75) is 63.7 Å². The molecule has 3 aromatic carbocycles. The molecule has 320 valence electrons. The van der Waals surface area contributed by atoms with E-state index in [0.717, 1.165) is 35.0 Å². The van der Waals surface area contributed by atoms with E-state index in [4.69, 9.17) is 19.4 Å². The topological polar surface area (TPSA) is 188 Å². The van der Waals surface area contributed by atoms with E-state index in [2.05, 4.69) is 25.6 Å². The van der Waals surface area contributed by atoms with E-state index in [1.807, 2.05) is 68.4 Å². The Hall–Kier alpha value is -7.10. The van der Waals surface area contributed by atoms with Crippen molar-refractivity contribution in [3.63, 3.8) is 0 Å². The maximum atomic E-state index is 15.8. The first-order valence-electron chi connectivity index (χ1n) is 20.7. The largest absolute Gasteiger partial charge is 0.453 e. The molecule has 4 amide bonds. The lowest BCUT2D eigenvalue weighted by Crippen LogP contribution is -2.51. The molecule has 0 spiro atoms. The molecule has 4 N–H and O–H groups in total. The highest BCUT2D eigenvalue weighted by molar-refractivity contribution is 5.89. The summed E-state index contributed by atoms with van der Waals surface area (Å²) in [6.45, 7) is 4.75. The summed E-state index contributed by atoms with van der Waals surface area (Å²) in [5.74, 6) is 0.124. The Morgan fingerprint density at radius 2 is 1.37 bits per heavy atom. The number of ether oxygens (including phenoxy) is 2. The molecule has 5 heterocycles. The first kappa shape index (κ1) is 41.6. The van der Waals surface area contributed by atoms with Gasteiger partial charge in [0.15, 0.2) is 0 Å². The summed E-state index contributed by atoms with van der Waals surface area (Å²) in [5, 5.41) is 6.23. The van der Waals surface area contributed by atoms with Crippen LogP contribution in [0.5, 0.6) is 0 Å². The second kappa shape index (κ2) is 17.9. The van der Waals surface area contributed by atoms with E-state index in [1.165, 1.54) is 20.3 Å². The minimum Gasteiger partial charge on any atom is -0.453 e. The molecule has 6 aromatic rings. The van der Waals surface area contributed by atoms with E-state index in [1.54, 1.807) is 40.4 Å². The number of imidazole rings is 2. The molecule has 0 aliphatic carbocycles. The summed E-state index contributed by atoms with van der Waals surface area (Å²) >= 11 is 0. The van der Waals surface area contributed by atoms with Gasteiger partial charge in [-0.15, -0.1) is 0 Å². The van der Waals surface area contributed by atoms with Gasteiger partial charge >= 0.3 is 12.2 Å². The number of nitrogens with zero attached hydrogens (tertiary/aromatic N) is 5. The number of nitrogens with one attached hydrogen (secondary N) is 4. The van der Waals surface area contributed by atoms with Crippen molar-refractivity contribution in [1.29, 1.82) is 0 Å². The second-order valence-electron chi connectivity index (χ2n) is 15.9. The van der Waals surface area contributed by atoms with Gasteiger partial charge in [0.05, 0.1) is 61.3 Å². The minimum atomic E-state index is -0.910. The maximum Gasteiger partial charge on any atom is 0.407 e. The van der Waals surface area contributed by atoms with Crippen LogP contribution in [-0.2, 0) is 19.1 Å². The molecular formula is C46H48FN9O6. The summed E-state index contributed by atoms with van der Waals surface area (Å²) in [6.07, 6.45) is 4.91. The average Bonchev–Trinajstić information content (AvgIpc) is 4.14. The fourth-order valence-corrected chi connectivity index (χ4v) is 8.43. The van der Waals surface area contributed by atoms with Crippen LogP contribution >= 0.6 is 0 Å². The SMILES string of the molecule is COC(=O)NC(C(=O)N1CCCC1c1ncc(-c2ccc3nc(-c4ccc(-c5cnc(C6CCCN6C(=O)C(NC(=O)OC)C(C)C)[nH]5)c(F)c4)ccc3c2)[nH]1)c1ccccc1. The third kappa shape index (κ3) is 8.44. The zero-order valence-electron chi connectivity index (χ0n) is 34.9. The van der Waals surface area contributed by atoms with E-state index in [9.17, 15) is 19.2 Å². The predicted molar refractivity (Wildman–Crippen MR) is 229 cm³/mol. The number of aromatic amines is 2. The highest BCUT2D eigenvalue weighted by Crippen LogP contribution is 2.36. The van der Waals surface area contributed by atoms with E-state index in [0.29, 0.717) is 65.7 Å². The Morgan fingerprint density at radius 3 is 2.03 bits per heavy atom. The van der Waals surface area contributed by atoms with Gasteiger partial charge < -0.3 is 39.9 Å². The van der Waals surface area contributed by atoms with Crippen LogP contribution in [0, 0.1) is 11.7 Å². The number of carbonyl (C=O) groups excluding carboxylic acids is 4. The molecular weight excluding hydrogens is 794 g/mol. The summed E-state index contributed by atoms with van der Waals surface area (Å²) < 4.78 is 25.4. The average molecular weight is 842 g/mol. The number of alkyl carbamates (subject to hydrolysis) is 2. The van der Waals surface area contributed by atoms with Crippen LogP contribution in [0.4, 0.5) is 14.0 Å². The number of aromatic nitrogens is 5. The van der Waals surface area contributed by atoms with Crippen LogP contribution in [0.1, 0.15) is 74.9 Å². The lowest BCUT2D eigenvalue weighted by Gasteiger charge is -2.30. The molecule has 2 aliphatic heterocycles. The van der Waals surface area contributed by atoms with Gasteiger partial charge in [0.25, 0.3) is 5.91 Å². The van der Waals surface area contributed by atoms with Crippen LogP contribution < -0.4 is 10.6 Å². The molecule has 2 saturated heterocycles. The summed E-state index contributed by atoms with van der Waals surface area (Å²) in [6, 6.07) is 21.4. The van der Waals surface area contributed by atoms with Crippen LogP contribution in [-0.4, -0.2) is 92.1 Å². The van der Waals surface area contributed by atoms with Crippen LogP contribution in [0.3, 0.4) is 0 Å². The highest BCUT2D eigenvalue weighted by atomic mass is 19.1. The number of likely N-dealkylation sites (tertiary alicyclic amines) is 2. The number of carbonyl (C=O) groups is 4. The van der Waals surface area contributed by atoms with Crippen LogP contribution in [0.15, 0.2) is 91.3 Å². The molecule has 0 saturated carbocycles. The Kier molecular flexibility index (Phi) is 12.0. The molecule has 4 atom stereocenters. The number of methoxy groups -OCH3 is 2. The van der Waals surface area contributed by atoms with E-state index < -0.39 is 30.1 Å². The maximum absolute atomic E-state index is 15.8. The third-order valence-electron chi connectivity index (χ3n) is 11.7.